The molecule has 76 valence electrons. The van der Waals surface area contributed by atoms with E-state index in [1.807, 2.05) is 6.07 Å². The Hall–Kier alpha value is -0.990. The molecule has 0 amide bonds. The standard InChI is InChI=1S/C11H13ClO2/c1-2-9-4-5-10(12)8-11(9)14-7-3-6-13/h2,4-5,8,13H,1,3,6-7H2. The first-order chi connectivity index (χ1) is 6.77. The number of rotatable bonds is 5. The van der Waals surface area contributed by atoms with E-state index in [0.717, 1.165) is 5.56 Å². The van der Waals surface area contributed by atoms with Gasteiger partial charge in [0.15, 0.2) is 0 Å². The van der Waals surface area contributed by atoms with E-state index in [4.69, 9.17) is 21.4 Å². The van der Waals surface area contributed by atoms with Crippen LogP contribution in [0.2, 0.25) is 5.02 Å². The number of halogens is 1. The molecule has 0 atom stereocenters. The molecule has 0 aliphatic heterocycles. The van der Waals surface area contributed by atoms with Gasteiger partial charge in [-0.25, -0.2) is 0 Å². The first-order valence-electron chi connectivity index (χ1n) is 4.43. The molecular formula is C11H13ClO2. The molecule has 0 aliphatic carbocycles. The predicted octanol–water partition coefficient (Wildman–Crippen LogP) is 2.74. The van der Waals surface area contributed by atoms with E-state index in [1.165, 1.54) is 0 Å². The van der Waals surface area contributed by atoms with Crippen molar-refractivity contribution in [3.05, 3.63) is 35.4 Å². The van der Waals surface area contributed by atoms with Crippen molar-refractivity contribution in [3.63, 3.8) is 0 Å². The van der Waals surface area contributed by atoms with Crippen molar-refractivity contribution < 1.29 is 9.84 Å². The Bertz CT molecular complexity index is 310. The first kappa shape index (κ1) is 11.1. The van der Waals surface area contributed by atoms with Gasteiger partial charge in [0.2, 0.25) is 0 Å². The number of hydrogen-bond acceptors (Lipinski definition) is 2. The molecule has 3 heteroatoms. The molecule has 0 fully saturated rings. The van der Waals surface area contributed by atoms with Crippen LogP contribution in [-0.2, 0) is 0 Å². The monoisotopic (exact) mass is 212 g/mol. The molecule has 0 aliphatic rings. The number of aliphatic hydroxyl groups is 1. The zero-order valence-electron chi connectivity index (χ0n) is 7.87. The van der Waals surface area contributed by atoms with Crippen LogP contribution in [0, 0.1) is 0 Å². The average molecular weight is 213 g/mol. The van der Waals surface area contributed by atoms with Gasteiger partial charge in [-0.05, 0) is 18.2 Å². The molecule has 1 aromatic rings. The molecule has 2 nitrogen and oxygen atoms in total. The number of ether oxygens (including phenoxy) is 1. The van der Waals surface area contributed by atoms with Gasteiger partial charge in [-0.2, -0.15) is 0 Å². The molecule has 1 rings (SSSR count). The largest absolute Gasteiger partial charge is 0.493 e. The van der Waals surface area contributed by atoms with Gasteiger partial charge in [-0.1, -0.05) is 24.3 Å². The maximum atomic E-state index is 8.60. The third-order valence-corrected chi connectivity index (χ3v) is 1.99. The molecule has 0 bridgehead atoms. The highest BCUT2D eigenvalue weighted by molar-refractivity contribution is 6.30. The summed E-state index contributed by atoms with van der Waals surface area (Å²) < 4.78 is 5.43. The summed E-state index contributed by atoms with van der Waals surface area (Å²) in [7, 11) is 0. The van der Waals surface area contributed by atoms with Gasteiger partial charge in [0.25, 0.3) is 0 Å². The summed E-state index contributed by atoms with van der Waals surface area (Å²) >= 11 is 5.82. The van der Waals surface area contributed by atoms with Gasteiger partial charge in [0.05, 0.1) is 6.61 Å². The summed E-state index contributed by atoms with van der Waals surface area (Å²) in [6.07, 6.45) is 2.33. The van der Waals surface area contributed by atoms with E-state index in [2.05, 4.69) is 6.58 Å². The molecule has 0 radical (unpaired) electrons. The third kappa shape index (κ3) is 3.05. The van der Waals surface area contributed by atoms with Crippen molar-refractivity contribution in [2.75, 3.05) is 13.2 Å². The van der Waals surface area contributed by atoms with E-state index in [-0.39, 0.29) is 6.61 Å². The number of hydrogen-bond donors (Lipinski definition) is 1. The molecule has 0 saturated heterocycles. The van der Waals surface area contributed by atoms with Crippen LogP contribution in [0.3, 0.4) is 0 Å². The average Bonchev–Trinajstić information content (AvgIpc) is 2.19. The van der Waals surface area contributed by atoms with Gasteiger partial charge >= 0.3 is 0 Å². The fourth-order valence-electron chi connectivity index (χ4n) is 1.05. The van der Waals surface area contributed by atoms with Crippen molar-refractivity contribution in [3.8, 4) is 5.75 Å². The lowest BCUT2D eigenvalue weighted by molar-refractivity contribution is 0.233. The maximum Gasteiger partial charge on any atom is 0.127 e. The Morgan fingerprint density at radius 1 is 1.50 bits per heavy atom. The molecule has 14 heavy (non-hydrogen) atoms. The van der Waals surface area contributed by atoms with Crippen molar-refractivity contribution in [1.29, 1.82) is 0 Å². The molecule has 0 saturated carbocycles. The summed E-state index contributed by atoms with van der Waals surface area (Å²) in [5.41, 5.74) is 0.910. The van der Waals surface area contributed by atoms with Crippen molar-refractivity contribution in [2.45, 2.75) is 6.42 Å². The SMILES string of the molecule is C=Cc1ccc(Cl)cc1OCCCO. The van der Waals surface area contributed by atoms with Crippen LogP contribution in [0.5, 0.6) is 5.75 Å². The van der Waals surface area contributed by atoms with E-state index in [9.17, 15) is 0 Å². The van der Waals surface area contributed by atoms with Crippen molar-refractivity contribution >= 4 is 17.7 Å². The minimum Gasteiger partial charge on any atom is -0.493 e. The fraction of sp³-hybridized carbons (Fsp3) is 0.273. The summed E-state index contributed by atoms with van der Waals surface area (Å²) in [5.74, 6) is 0.709. The van der Waals surface area contributed by atoms with Crippen molar-refractivity contribution in [1.82, 2.24) is 0 Å². The zero-order valence-corrected chi connectivity index (χ0v) is 8.63. The van der Waals surface area contributed by atoms with Crippen LogP contribution in [0.1, 0.15) is 12.0 Å². The second-order valence-corrected chi connectivity index (χ2v) is 3.25. The quantitative estimate of drug-likeness (QED) is 0.761. The Balaban J connectivity index is 2.72. The van der Waals surface area contributed by atoms with Gasteiger partial charge in [-0.15, -0.1) is 0 Å². The summed E-state index contributed by atoms with van der Waals surface area (Å²) in [6, 6.07) is 5.39. The minimum atomic E-state index is 0.129. The predicted molar refractivity (Wildman–Crippen MR) is 58.7 cm³/mol. The lowest BCUT2D eigenvalue weighted by Crippen LogP contribution is -2.00. The van der Waals surface area contributed by atoms with E-state index in [0.29, 0.717) is 23.8 Å². The second-order valence-electron chi connectivity index (χ2n) is 2.81. The third-order valence-electron chi connectivity index (χ3n) is 1.76. The Kier molecular flexibility index (Phi) is 4.50. The highest BCUT2D eigenvalue weighted by atomic mass is 35.5. The molecule has 0 spiro atoms. The highest BCUT2D eigenvalue weighted by Crippen LogP contribution is 2.24. The fourth-order valence-corrected chi connectivity index (χ4v) is 1.21. The Morgan fingerprint density at radius 3 is 2.93 bits per heavy atom. The van der Waals surface area contributed by atoms with E-state index < -0.39 is 0 Å². The molecule has 0 aromatic heterocycles. The summed E-state index contributed by atoms with van der Waals surface area (Å²) in [4.78, 5) is 0. The van der Waals surface area contributed by atoms with Gasteiger partial charge in [0.1, 0.15) is 5.75 Å². The van der Waals surface area contributed by atoms with Crippen LogP contribution in [0.25, 0.3) is 6.08 Å². The topological polar surface area (TPSA) is 29.5 Å². The Morgan fingerprint density at radius 2 is 2.29 bits per heavy atom. The summed E-state index contributed by atoms with van der Waals surface area (Å²) in [6.45, 7) is 4.29. The minimum absolute atomic E-state index is 0.129. The molecule has 1 N–H and O–H groups in total. The summed E-state index contributed by atoms with van der Waals surface area (Å²) in [5, 5.41) is 9.23. The number of benzene rings is 1. The van der Waals surface area contributed by atoms with Crippen LogP contribution in [-0.4, -0.2) is 18.3 Å². The zero-order chi connectivity index (χ0) is 10.4. The van der Waals surface area contributed by atoms with Crippen LogP contribution in [0.4, 0.5) is 0 Å². The smallest absolute Gasteiger partial charge is 0.127 e. The molecular weight excluding hydrogens is 200 g/mol. The van der Waals surface area contributed by atoms with Gasteiger partial charge in [-0.3, -0.25) is 0 Å². The second kappa shape index (κ2) is 5.68. The molecule has 1 aromatic carbocycles. The van der Waals surface area contributed by atoms with E-state index >= 15 is 0 Å². The van der Waals surface area contributed by atoms with Crippen molar-refractivity contribution in [2.24, 2.45) is 0 Å². The highest BCUT2D eigenvalue weighted by Gasteiger charge is 2.01. The van der Waals surface area contributed by atoms with Gasteiger partial charge in [0, 0.05) is 23.6 Å². The van der Waals surface area contributed by atoms with Crippen LogP contribution < -0.4 is 4.74 Å². The lowest BCUT2D eigenvalue weighted by atomic mass is 10.2. The normalized spacial score (nSPS) is 9.86. The van der Waals surface area contributed by atoms with Crippen LogP contribution in [0.15, 0.2) is 24.8 Å². The van der Waals surface area contributed by atoms with Gasteiger partial charge < -0.3 is 9.84 Å². The first-order valence-corrected chi connectivity index (χ1v) is 4.81. The molecule has 0 unspecified atom stereocenters. The van der Waals surface area contributed by atoms with Crippen LogP contribution >= 0.6 is 11.6 Å². The molecule has 0 heterocycles. The Labute approximate surface area is 88.8 Å². The van der Waals surface area contributed by atoms with E-state index in [1.54, 1.807) is 18.2 Å². The number of aliphatic hydroxyl groups excluding tert-OH is 1. The lowest BCUT2D eigenvalue weighted by Gasteiger charge is -2.08. The maximum absolute atomic E-state index is 8.60.